The first-order chi connectivity index (χ1) is 4.88. The first-order valence-corrected chi connectivity index (χ1v) is 2.73. The minimum absolute atomic E-state index is 0.331. The van der Waals surface area contributed by atoms with E-state index in [0.717, 1.165) is 0 Å². The Morgan fingerprint density at radius 1 is 1.40 bits per heavy atom. The van der Waals surface area contributed by atoms with Crippen molar-refractivity contribution in [3.8, 4) is 0 Å². The first-order valence-electron chi connectivity index (χ1n) is 2.73. The van der Waals surface area contributed by atoms with Gasteiger partial charge in [-0.1, -0.05) is 12.1 Å². The number of hydrogen-bond donors (Lipinski definition) is 2. The summed E-state index contributed by atoms with van der Waals surface area (Å²) in [6, 6.07) is 6.58. The van der Waals surface area contributed by atoms with E-state index in [4.69, 9.17) is 5.53 Å². The van der Waals surface area contributed by atoms with Crippen LogP contribution in [0.5, 0.6) is 0 Å². The molecule has 0 unspecified atom stereocenters. The van der Waals surface area contributed by atoms with Crippen LogP contribution in [0.1, 0.15) is 0 Å². The van der Waals surface area contributed by atoms with E-state index in [-0.39, 0.29) is 0 Å². The number of hydrogen-bond acceptors (Lipinski definition) is 4. The van der Waals surface area contributed by atoms with Crippen molar-refractivity contribution in [3.05, 3.63) is 29.5 Å². The Labute approximate surface area is 58.0 Å². The van der Waals surface area contributed by atoms with Gasteiger partial charge in [0.1, 0.15) is 5.69 Å². The zero-order valence-corrected chi connectivity index (χ0v) is 5.16. The van der Waals surface area contributed by atoms with Crippen molar-refractivity contribution in [2.75, 3.05) is 5.48 Å². The van der Waals surface area contributed by atoms with Crippen LogP contribution in [0.15, 0.2) is 29.4 Å². The Kier molecular flexibility index (Phi) is 1.96. The van der Waals surface area contributed by atoms with Crippen molar-refractivity contribution in [2.45, 2.75) is 0 Å². The van der Waals surface area contributed by atoms with Gasteiger partial charge in [-0.3, -0.25) is 0 Å². The lowest BCUT2D eigenvalue weighted by Gasteiger charge is -2.09. The molecule has 0 heterocycles. The maximum atomic E-state index is 10.1. The average molecular weight is 136 g/mol. The Balaban J connectivity index is 3.08. The van der Waals surface area contributed by atoms with Crippen LogP contribution in [-0.4, -0.2) is 0 Å². The van der Waals surface area contributed by atoms with E-state index in [2.05, 4.69) is 5.11 Å². The molecule has 1 rings (SSSR count). The van der Waals surface area contributed by atoms with Gasteiger partial charge >= 0.3 is 0 Å². The van der Waals surface area contributed by atoms with Gasteiger partial charge in [0.05, 0.1) is 5.69 Å². The molecule has 0 aromatic heterocycles. The monoisotopic (exact) mass is 136 g/mol. The third-order valence-electron chi connectivity index (χ3n) is 1.13. The van der Waals surface area contributed by atoms with E-state index in [0.29, 0.717) is 11.4 Å². The minimum atomic E-state index is 0.331. The summed E-state index contributed by atoms with van der Waals surface area (Å²) in [6.45, 7) is 0. The summed E-state index contributed by atoms with van der Waals surface area (Å²) in [6.07, 6.45) is 0. The molecule has 0 radical (unpaired) electrons. The molecular formula is C6H6N3O-. The zero-order valence-electron chi connectivity index (χ0n) is 5.16. The third-order valence-corrected chi connectivity index (χ3v) is 1.13. The lowest BCUT2D eigenvalue weighted by atomic mass is 10.3. The lowest BCUT2D eigenvalue weighted by Crippen LogP contribution is -1.83. The summed E-state index contributed by atoms with van der Waals surface area (Å²) in [5.41, 5.74) is 9.01. The quantitative estimate of drug-likeness (QED) is 0.483. The van der Waals surface area contributed by atoms with Gasteiger partial charge in [-0.05, 0) is 12.1 Å². The molecule has 0 saturated heterocycles. The number of nitrogens with zero attached hydrogens (tertiary/aromatic N) is 1. The van der Waals surface area contributed by atoms with Gasteiger partial charge in [-0.2, -0.15) is 5.11 Å². The molecule has 52 valence electrons. The molecule has 4 heteroatoms. The molecule has 0 bridgehead atoms. The maximum Gasteiger partial charge on any atom is 0.107 e. The fourth-order valence-corrected chi connectivity index (χ4v) is 0.657. The van der Waals surface area contributed by atoms with E-state index >= 15 is 0 Å². The molecule has 2 N–H and O–H groups in total. The summed E-state index contributed by atoms with van der Waals surface area (Å²) in [4.78, 5) is 0. The molecule has 0 atom stereocenters. The van der Waals surface area contributed by atoms with E-state index in [1.165, 1.54) is 0 Å². The lowest BCUT2D eigenvalue weighted by molar-refractivity contribution is 1.15. The van der Waals surface area contributed by atoms with Crippen LogP contribution >= 0.6 is 0 Å². The van der Waals surface area contributed by atoms with Crippen LogP contribution < -0.4 is 5.48 Å². The van der Waals surface area contributed by atoms with Crippen LogP contribution in [0.3, 0.4) is 0 Å². The molecule has 10 heavy (non-hydrogen) atoms. The van der Waals surface area contributed by atoms with Gasteiger partial charge in [-0.25, -0.2) is 5.53 Å². The number of rotatable bonds is 2. The van der Waals surface area contributed by atoms with Crippen LogP contribution in [0.2, 0.25) is 0 Å². The van der Waals surface area contributed by atoms with Gasteiger partial charge in [0.25, 0.3) is 0 Å². The summed E-state index contributed by atoms with van der Waals surface area (Å²) >= 11 is 0. The van der Waals surface area contributed by atoms with Gasteiger partial charge < -0.3 is 10.7 Å². The van der Waals surface area contributed by atoms with Crippen LogP contribution in [0, 0.1) is 10.7 Å². The van der Waals surface area contributed by atoms with Crippen LogP contribution in [0.25, 0.3) is 0 Å². The van der Waals surface area contributed by atoms with Crippen molar-refractivity contribution in [2.24, 2.45) is 5.11 Å². The SMILES string of the molecule is N=Nc1ccccc1N[O-]. The fourth-order valence-electron chi connectivity index (χ4n) is 0.657. The molecule has 4 nitrogen and oxygen atoms in total. The molecule has 0 aliphatic heterocycles. The smallest absolute Gasteiger partial charge is 0.107 e. The normalized spacial score (nSPS) is 8.90. The number of anilines is 1. The van der Waals surface area contributed by atoms with Crippen molar-refractivity contribution in [1.82, 2.24) is 0 Å². The summed E-state index contributed by atoms with van der Waals surface area (Å²) < 4.78 is 0. The molecule has 0 fully saturated rings. The topological polar surface area (TPSA) is 71.3 Å². The van der Waals surface area contributed by atoms with E-state index < -0.39 is 0 Å². The van der Waals surface area contributed by atoms with Gasteiger partial charge in [-0.15, -0.1) is 0 Å². The number of para-hydroxylation sites is 2. The van der Waals surface area contributed by atoms with Gasteiger partial charge in [0.2, 0.25) is 0 Å². The Hall–Kier alpha value is -1.42. The minimum Gasteiger partial charge on any atom is -0.761 e. The highest BCUT2D eigenvalue weighted by molar-refractivity contribution is 5.64. The number of nitrogens with one attached hydrogen (secondary N) is 2. The highest BCUT2D eigenvalue weighted by Gasteiger charge is 1.91. The molecule has 1 aromatic carbocycles. The Morgan fingerprint density at radius 2 is 2.10 bits per heavy atom. The molecule has 0 saturated carbocycles. The predicted octanol–water partition coefficient (Wildman–Crippen LogP) is 2.26. The number of benzene rings is 1. The standard InChI is InChI=1S/C6H6N3O/c7-8-5-3-1-2-4-6(5)9-10/h1-4,7,9H/q-1. The molecule has 0 aliphatic rings. The van der Waals surface area contributed by atoms with E-state index in [1.54, 1.807) is 29.7 Å². The van der Waals surface area contributed by atoms with Crippen molar-refractivity contribution in [3.63, 3.8) is 0 Å². The summed E-state index contributed by atoms with van der Waals surface area (Å²) in [7, 11) is 0. The summed E-state index contributed by atoms with van der Waals surface area (Å²) in [5, 5.41) is 13.2. The molecule has 0 aliphatic carbocycles. The Morgan fingerprint density at radius 3 is 2.60 bits per heavy atom. The van der Waals surface area contributed by atoms with Crippen LogP contribution in [-0.2, 0) is 0 Å². The van der Waals surface area contributed by atoms with Crippen molar-refractivity contribution < 1.29 is 0 Å². The van der Waals surface area contributed by atoms with Gasteiger partial charge in [0, 0.05) is 0 Å². The maximum absolute atomic E-state index is 10.1. The Bertz CT molecular complexity index is 236. The van der Waals surface area contributed by atoms with Crippen molar-refractivity contribution in [1.29, 1.82) is 5.53 Å². The molecular weight excluding hydrogens is 130 g/mol. The van der Waals surface area contributed by atoms with Crippen LogP contribution in [0.4, 0.5) is 11.4 Å². The first kappa shape index (κ1) is 6.70. The second kappa shape index (κ2) is 2.93. The second-order valence-electron chi connectivity index (χ2n) is 1.73. The van der Waals surface area contributed by atoms with E-state index in [1.807, 2.05) is 0 Å². The predicted molar refractivity (Wildman–Crippen MR) is 38.2 cm³/mol. The zero-order chi connectivity index (χ0) is 7.40. The van der Waals surface area contributed by atoms with Gasteiger partial charge in [0.15, 0.2) is 0 Å². The largest absolute Gasteiger partial charge is 0.761 e. The molecule has 0 amide bonds. The molecule has 1 aromatic rings. The summed E-state index contributed by atoms with van der Waals surface area (Å²) in [5.74, 6) is 0. The average Bonchev–Trinajstić information content (AvgIpc) is 2.04. The highest BCUT2D eigenvalue weighted by Crippen LogP contribution is 2.22. The third kappa shape index (κ3) is 1.11. The fraction of sp³-hybridized carbons (Fsp3) is 0. The molecule has 0 spiro atoms. The highest BCUT2D eigenvalue weighted by atomic mass is 16.5. The van der Waals surface area contributed by atoms with Crippen molar-refractivity contribution >= 4 is 11.4 Å². The van der Waals surface area contributed by atoms with E-state index in [9.17, 15) is 5.21 Å². The second-order valence-corrected chi connectivity index (χ2v) is 1.73.